The van der Waals surface area contributed by atoms with E-state index in [9.17, 15) is 0 Å². The molecule has 0 saturated heterocycles. The Kier molecular flexibility index (Phi) is 4.15. The number of rotatable bonds is 3. The largest absolute Gasteiger partial charge is 0.263 e. The highest BCUT2D eigenvalue weighted by molar-refractivity contribution is 5.92. The molecule has 2 heteroatoms. The van der Waals surface area contributed by atoms with Gasteiger partial charge in [-0.15, -0.1) is 0 Å². The zero-order chi connectivity index (χ0) is 18.8. The molecule has 0 bridgehead atoms. The molecule has 28 heavy (non-hydrogen) atoms. The summed E-state index contributed by atoms with van der Waals surface area (Å²) in [5.74, 6) is 0. The van der Waals surface area contributed by atoms with Crippen molar-refractivity contribution < 1.29 is 0 Å². The fourth-order valence-electron chi connectivity index (χ4n) is 3.53. The second-order valence-electron chi connectivity index (χ2n) is 6.77. The average Bonchev–Trinajstić information content (AvgIpc) is 2.79. The van der Waals surface area contributed by atoms with Gasteiger partial charge in [0.15, 0.2) is 0 Å². The second kappa shape index (κ2) is 7.09. The van der Waals surface area contributed by atoms with E-state index in [-0.39, 0.29) is 0 Å². The third kappa shape index (κ3) is 3.06. The summed E-state index contributed by atoms with van der Waals surface area (Å²) in [6.07, 6.45) is 3.83. The molecule has 5 rings (SSSR count). The van der Waals surface area contributed by atoms with E-state index >= 15 is 0 Å². The van der Waals surface area contributed by atoms with E-state index in [0.717, 1.165) is 44.4 Å². The maximum absolute atomic E-state index is 5.00. The Bertz CT molecular complexity index is 1250. The van der Waals surface area contributed by atoms with Crippen molar-refractivity contribution in [3.8, 4) is 33.5 Å². The molecule has 132 valence electrons. The topological polar surface area (TPSA) is 25.8 Å². The van der Waals surface area contributed by atoms with Gasteiger partial charge in [0.2, 0.25) is 0 Å². The number of benzene rings is 3. The summed E-state index contributed by atoms with van der Waals surface area (Å²) in [7, 11) is 0. The predicted octanol–water partition coefficient (Wildman–Crippen LogP) is 6.63. The summed E-state index contributed by atoms with van der Waals surface area (Å²) >= 11 is 0. The molecule has 2 aromatic heterocycles. The van der Waals surface area contributed by atoms with Crippen molar-refractivity contribution in [1.29, 1.82) is 0 Å². The molecule has 0 atom stereocenters. The minimum atomic E-state index is 0.978. The summed E-state index contributed by atoms with van der Waals surface area (Å²) in [6, 6.07) is 33.3. The Hall–Kier alpha value is -3.78. The van der Waals surface area contributed by atoms with Gasteiger partial charge >= 0.3 is 0 Å². The molecule has 0 aliphatic heterocycles. The van der Waals surface area contributed by atoms with Gasteiger partial charge in [0, 0.05) is 40.0 Å². The van der Waals surface area contributed by atoms with Gasteiger partial charge in [-0.3, -0.25) is 4.98 Å². The van der Waals surface area contributed by atoms with E-state index in [0.29, 0.717) is 0 Å². The van der Waals surface area contributed by atoms with Crippen LogP contribution in [0.2, 0.25) is 0 Å². The lowest BCUT2D eigenvalue weighted by Crippen LogP contribution is -1.92. The molecule has 0 saturated carbocycles. The summed E-state index contributed by atoms with van der Waals surface area (Å²) in [5, 5.41) is 1.13. The van der Waals surface area contributed by atoms with Gasteiger partial charge in [-0.25, -0.2) is 4.98 Å². The van der Waals surface area contributed by atoms with E-state index < -0.39 is 0 Å². The first-order valence-electron chi connectivity index (χ1n) is 9.34. The molecule has 2 nitrogen and oxygen atoms in total. The molecule has 5 aromatic rings. The molecule has 0 aliphatic carbocycles. The third-order valence-corrected chi connectivity index (χ3v) is 4.93. The van der Waals surface area contributed by atoms with Crippen LogP contribution in [0.1, 0.15) is 0 Å². The lowest BCUT2D eigenvalue weighted by molar-refractivity contribution is 1.32. The van der Waals surface area contributed by atoms with Crippen molar-refractivity contribution >= 4 is 10.9 Å². The normalized spacial score (nSPS) is 10.9. The first-order valence-corrected chi connectivity index (χ1v) is 9.34. The van der Waals surface area contributed by atoms with Crippen LogP contribution in [0.4, 0.5) is 0 Å². The van der Waals surface area contributed by atoms with E-state index in [1.807, 2.05) is 30.6 Å². The highest BCUT2D eigenvalue weighted by atomic mass is 14.7. The number of fused-ring (bicyclic) bond motifs is 1. The van der Waals surface area contributed by atoms with Crippen molar-refractivity contribution in [2.45, 2.75) is 0 Å². The van der Waals surface area contributed by atoms with E-state index in [1.54, 1.807) is 0 Å². The molecular weight excluding hydrogens is 340 g/mol. The molecule has 0 amide bonds. The monoisotopic (exact) mass is 358 g/mol. The van der Waals surface area contributed by atoms with Gasteiger partial charge < -0.3 is 0 Å². The maximum Gasteiger partial charge on any atom is 0.0788 e. The zero-order valence-electron chi connectivity index (χ0n) is 15.3. The maximum atomic E-state index is 5.00. The second-order valence-corrected chi connectivity index (χ2v) is 6.77. The molecule has 0 fully saturated rings. The first-order chi connectivity index (χ1) is 13.9. The van der Waals surface area contributed by atoms with Gasteiger partial charge in [0.05, 0.1) is 11.2 Å². The summed E-state index contributed by atoms with van der Waals surface area (Å²) in [5.41, 5.74) is 7.50. The number of nitrogens with zero attached hydrogens (tertiary/aromatic N) is 2. The standard InChI is InChI=1S/C26H18N2/c1-3-9-19(10-4-1)22-15-23(18-27-17-22)24-16-21-13-7-8-14-25(21)28-26(24)20-11-5-2-6-12-20/h1-18H. The lowest BCUT2D eigenvalue weighted by Gasteiger charge is -2.12. The Morgan fingerprint density at radius 1 is 0.500 bits per heavy atom. The summed E-state index contributed by atoms with van der Waals surface area (Å²) < 4.78 is 0. The van der Waals surface area contributed by atoms with Crippen LogP contribution in [-0.4, -0.2) is 9.97 Å². The number of para-hydroxylation sites is 1. The van der Waals surface area contributed by atoms with Gasteiger partial charge in [0.1, 0.15) is 0 Å². The van der Waals surface area contributed by atoms with E-state index in [1.165, 1.54) is 0 Å². The molecule has 0 aliphatic rings. The van der Waals surface area contributed by atoms with Gasteiger partial charge in [0.25, 0.3) is 0 Å². The van der Waals surface area contributed by atoms with E-state index in [2.05, 4.69) is 83.8 Å². The zero-order valence-corrected chi connectivity index (χ0v) is 15.3. The first kappa shape index (κ1) is 16.4. The van der Waals surface area contributed by atoms with Gasteiger partial charge in [-0.05, 0) is 23.8 Å². The van der Waals surface area contributed by atoms with Crippen LogP contribution in [-0.2, 0) is 0 Å². The Balaban J connectivity index is 1.74. The molecule has 0 spiro atoms. The summed E-state index contributed by atoms with van der Waals surface area (Å²) in [6.45, 7) is 0. The van der Waals surface area contributed by atoms with Gasteiger partial charge in [-0.1, -0.05) is 78.9 Å². The van der Waals surface area contributed by atoms with Crippen molar-refractivity contribution in [2.24, 2.45) is 0 Å². The number of pyridine rings is 2. The minimum Gasteiger partial charge on any atom is -0.263 e. The molecule has 0 unspecified atom stereocenters. The molecule has 0 N–H and O–H groups in total. The molecule has 3 aromatic carbocycles. The molecule has 0 radical (unpaired) electrons. The number of aromatic nitrogens is 2. The van der Waals surface area contributed by atoms with Crippen LogP contribution in [0.3, 0.4) is 0 Å². The van der Waals surface area contributed by atoms with Crippen LogP contribution in [0.15, 0.2) is 109 Å². The SMILES string of the molecule is c1ccc(-c2cncc(-c3cc4ccccc4nc3-c3ccccc3)c2)cc1. The average molecular weight is 358 g/mol. The molecule has 2 heterocycles. The van der Waals surface area contributed by atoms with Gasteiger partial charge in [-0.2, -0.15) is 0 Å². The van der Waals surface area contributed by atoms with Crippen molar-refractivity contribution in [3.63, 3.8) is 0 Å². The highest BCUT2D eigenvalue weighted by Gasteiger charge is 2.12. The van der Waals surface area contributed by atoms with Crippen LogP contribution in [0.25, 0.3) is 44.4 Å². The summed E-state index contributed by atoms with van der Waals surface area (Å²) in [4.78, 5) is 9.52. The van der Waals surface area contributed by atoms with Crippen molar-refractivity contribution in [1.82, 2.24) is 9.97 Å². The number of hydrogen-bond donors (Lipinski definition) is 0. The smallest absolute Gasteiger partial charge is 0.0788 e. The Morgan fingerprint density at radius 3 is 1.93 bits per heavy atom. The Morgan fingerprint density at radius 2 is 1.14 bits per heavy atom. The quantitative estimate of drug-likeness (QED) is 0.362. The lowest BCUT2D eigenvalue weighted by atomic mass is 9.96. The predicted molar refractivity (Wildman–Crippen MR) is 116 cm³/mol. The third-order valence-electron chi connectivity index (χ3n) is 4.93. The fourth-order valence-corrected chi connectivity index (χ4v) is 3.53. The van der Waals surface area contributed by atoms with Crippen LogP contribution in [0.5, 0.6) is 0 Å². The molecular formula is C26H18N2. The van der Waals surface area contributed by atoms with Crippen molar-refractivity contribution in [3.05, 3.63) is 109 Å². The number of hydrogen-bond acceptors (Lipinski definition) is 2. The van der Waals surface area contributed by atoms with Crippen LogP contribution in [0, 0.1) is 0 Å². The Labute approximate surface area is 164 Å². The fraction of sp³-hybridized carbons (Fsp3) is 0. The van der Waals surface area contributed by atoms with Crippen molar-refractivity contribution in [2.75, 3.05) is 0 Å². The minimum absolute atomic E-state index is 0.978. The van der Waals surface area contributed by atoms with Crippen LogP contribution < -0.4 is 0 Å². The van der Waals surface area contributed by atoms with Crippen LogP contribution >= 0.6 is 0 Å². The highest BCUT2D eigenvalue weighted by Crippen LogP contribution is 2.34. The van der Waals surface area contributed by atoms with E-state index in [4.69, 9.17) is 4.98 Å².